The van der Waals surface area contributed by atoms with Crippen molar-refractivity contribution in [3.05, 3.63) is 63.6 Å². The molecule has 21 heavy (non-hydrogen) atoms. The number of carboxylic acid groups (broad SMARTS) is 1. The number of hydrogen-bond acceptors (Lipinski definition) is 2. The van der Waals surface area contributed by atoms with E-state index in [-0.39, 0.29) is 11.3 Å². The molecule has 0 aliphatic carbocycles. The molecule has 5 nitrogen and oxygen atoms in total. The number of fused-ring (bicyclic) bond motifs is 1. The lowest BCUT2D eigenvalue weighted by Crippen LogP contribution is -2.15. The van der Waals surface area contributed by atoms with Crippen LogP contribution in [0.15, 0.2) is 41.2 Å². The van der Waals surface area contributed by atoms with Gasteiger partial charge in [0.25, 0.3) is 0 Å². The first-order valence-corrected chi connectivity index (χ1v) is 6.53. The smallest absolute Gasteiger partial charge is 0.335 e. The number of H-pyrrole nitrogens is 1. The van der Waals surface area contributed by atoms with Gasteiger partial charge in [0.1, 0.15) is 0 Å². The lowest BCUT2D eigenvalue weighted by molar-refractivity contribution is 0.0697. The first kappa shape index (κ1) is 13.2. The summed E-state index contributed by atoms with van der Waals surface area (Å²) in [6, 6.07) is 10.4. The minimum atomic E-state index is -1.02. The van der Waals surface area contributed by atoms with E-state index in [2.05, 4.69) is 4.98 Å². The van der Waals surface area contributed by atoms with Crippen LogP contribution in [0.2, 0.25) is 0 Å². The van der Waals surface area contributed by atoms with E-state index in [0.717, 1.165) is 16.8 Å². The van der Waals surface area contributed by atoms with Crippen molar-refractivity contribution in [2.24, 2.45) is 0 Å². The fourth-order valence-electron chi connectivity index (χ4n) is 2.53. The highest BCUT2D eigenvalue weighted by Gasteiger charge is 2.13. The second-order valence-electron chi connectivity index (χ2n) is 5.09. The van der Waals surface area contributed by atoms with E-state index in [1.165, 1.54) is 16.7 Å². The third-order valence-electron chi connectivity index (χ3n) is 3.52. The number of rotatable bonds is 2. The quantitative estimate of drug-likeness (QED) is 0.758. The molecule has 3 aromatic rings. The number of nitrogens with zero attached hydrogens (tertiary/aromatic N) is 1. The van der Waals surface area contributed by atoms with Crippen LogP contribution in [-0.2, 0) is 0 Å². The first-order valence-electron chi connectivity index (χ1n) is 6.53. The van der Waals surface area contributed by atoms with Gasteiger partial charge in [0.05, 0.1) is 22.3 Å². The maximum atomic E-state index is 12.2. The number of imidazole rings is 1. The van der Waals surface area contributed by atoms with Gasteiger partial charge in [-0.05, 0) is 43.7 Å². The molecular weight excluding hydrogens is 268 g/mol. The number of aromatic amines is 1. The number of aryl methyl sites for hydroxylation is 2. The molecule has 0 spiro atoms. The lowest BCUT2D eigenvalue weighted by atomic mass is 10.1. The van der Waals surface area contributed by atoms with Gasteiger partial charge in [-0.2, -0.15) is 0 Å². The number of carboxylic acids is 1. The van der Waals surface area contributed by atoms with Gasteiger partial charge >= 0.3 is 11.7 Å². The molecule has 0 atom stereocenters. The van der Waals surface area contributed by atoms with E-state index in [9.17, 15) is 9.59 Å². The molecule has 2 aromatic carbocycles. The zero-order valence-electron chi connectivity index (χ0n) is 11.7. The summed E-state index contributed by atoms with van der Waals surface area (Å²) in [5.41, 5.74) is 3.87. The molecule has 0 unspecified atom stereocenters. The van der Waals surface area contributed by atoms with Crippen LogP contribution in [0.5, 0.6) is 0 Å². The molecule has 2 N–H and O–H groups in total. The maximum absolute atomic E-state index is 12.2. The Morgan fingerprint density at radius 3 is 2.57 bits per heavy atom. The Labute approximate surface area is 120 Å². The largest absolute Gasteiger partial charge is 0.478 e. The molecule has 0 saturated heterocycles. The molecule has 5 heteroatoms. The molecule has 0 aliphatic heterocycles. The van der Waals surface area contributed by atoms with Crippen LogP contribution >= 0.6 is 0 Å². The van der Waals surface area contributed by atoms with E-state index in [4.69, 9.17) is 5.11 Å². The lowest BCUT2D eigenvalue weighted by Gasteiger charge is -2.08. The normalized spacial score (nSPS) is 11.0. The standard InChI is InChI=1S/C16H14N2O3/c1-9-3-6-13(10(2)7-9)18-14-8-11(15(19)20)4-5-12(14)17-16(18)21/h3-8H,1-2H3,(H,17,21)(H,19,20). The summed E-state index contributed by atoms with van der Waals surface area (Å²) in [6.07, 6.45) is 0. The van der Waals surface area contributed by atoms with E-state index < -0.39 is 5.97 Å². The number of benzene rings is 2. The van der Waals surface area contributed by atoms with Crippen molar-refractivity contribution in [2.75, 3.05) is 0 Å². The number of aromatic carboxylic acids is 1. The third kappa shape index (κ3) is 2.12. The van der Waals surface area contributed by atoms with Crippen LogP contribution in [0.3, 0.4) is 0 Å². The number of carbonyl (C=O) groups is 1. The zero-order valence-corrected chi connectivity index (χ0v) is 11.7. The second-order valence-corrected chi connectivity index (χ2v) is 5.09. The van der Waals surface area contributed by atoms with Crippen molar-refractivity contribution in [2.45, 2.75) is 13.8 Å². The predicted molar refractivity (Wildman–Crippen MR) is 80.3 cm³/mol. The first-order chi connectivity index (χ1) is 9.97. The summed E-state index contributed by atoms with van der Waals surface area (Å²) < 4.78 is 1.51. The molecule has 0 bridgehead atoms. The monoisotopic (exact) mass is 282 g/mol. The number of hydrogen-bond donors (Lipinski definition) is 2. The Hall–Kier alpha value is -2.82. The predicted octanol–water partition coefficient (Wildman–Crippen LogP) is 2.63. The van der Waals surface area contributed by atoms with E-state index in [0.29, 0.717) is 11.0 Å². The average Bonchev–Trinajstić information content (AvgIpc) is 2.74. The van der Waals surface area contributed by atoms with Crippen molar-refractivity contribution >= 4 is 17.0 Å². The number of nitrogens with one attached hydrogen (secondary N) is 1. The molecule has 1 heterocycles. The summed E-state index contributed by atoms with van der Waals surface area (Å²) in [5.74, 6) is -1.02. The highest BCUT2D eigenvalue weighted by Crippen LogP contribution is 2.20. The Balaban J connectivity index is 2.35. The highest BCUT2D eigenvalue weighted by molar-refractivity contribution is 5.92. The Morgan fingerprint density at radius 1 is 1.14 bits per heavy atom. The second kappa shape index (κ2) is 4.63. The summed E-state index contributed by atoms with van der Waals surface area (Å²) in [4.78, 5) is 26.1. The van der Waals surface area contributed by atoms with Gasteiger partial charge in [0.2, 0.25) is 0 Å². The van der Waals surface area contributed by atoms with Crippen molar-refractivity contribution in [3.63, 3.8) is 0 Å². The number of aromatic nitrogens is 2. The summed E-state index contributed by atoms with van der Waals surface area (Å²) in [5, 5.41) is 9.11. The van der Waals surface area contributed by atoms with E-state index >= 15 is 0 Å². The molecule has 1 aromatic heterocycles. The molecule has 0 amide bonds. The minimum absolute atomic E-state index is 0.153. The molecule has 0 radical (unpaired) electrons. The van der Waals surface area contributed by atoms with Crippen LogP contribution in [0.4, 0.5) is 0 Å². The van der Waals surface area contributed by atoms with Gasteiger partial charge in [-0.3, -0.25) is 4.57 Å². The van der Waals surface area contributed by atoms with Crippen molar-refractivity contribution in [3.8, 4) is 5.69 Å². The summed E-state index contributed by atoms with van der Waals surface area (Å²) in [7, 11) is 0. The third-order valence-corrected chi connectivity index (χ3v) is 3.52. The summed E-state index contributed by atoms with van der Waals surface area (Å²) >= 11 is 0. The van der Waals surface area contributed by atoms with Gasteiger partial charge in [0.15, 0.2) is 0 Å². The molecular formula is C16H14N2O3. The van der Waals surface area contributed by atoms with Crippen LogP contribution in [-0.4, -0.2) is 20.6 Å². The minimum Gasteiger partial charge on any atom is -0.478 e. The van der Waals surface area contributed by atoms with Gasteiger partial charge in [0, 0.05) is 0 Å². The molecule has 106 valence electrons. The SMILES string of the molecule is Cc1ccc(-n2c(=O)[nH]c3ccc(C(=O)O)cc32)c(C)c1. The topological polar surface area (TPSA) is 75.1 Å². The molecule has 0 saturated carbocycles. The fourth-order valence-corrected chi connectivity index (χ4v) is 2.53. The molecule has 0 aliphatic rings. The summed E-state index contributed by atoms with van der Waals surface area (Å²) in [6.45, 7) is 3.91. The molecule has 0 fully saturated rings. The van der Waals surface area contributed by atoms with Crippen LogP contribution < -0.4 is 5.69 Å². The van der Waals surface area contributed by atoms with Crippen LogP contribution in [0, 0.1) is 13.8 Å². The zero-order chi connectivity index (χ0) is 15.1. The Bertz CT molecular complexity index is 919. The van der Waals surface area contributed by atoms with Gasteiger partial charge in [-0.15, -0.1) is 0 Å². The Morgan fingerprint density at radius 2 is 1.90 bits per heavy atom. The molecule has 3 rings (SSSR count). The van der Waals surface area contributed by atoms with E-state index in [1.54, 1.807) is 6.07 Å². The Kier molecular flexibility index (Phi) is 2.90. The maximum Gasteiger partial charge on any atom is 0.335 e. The average molecular weight is 282 g/mol. The van der Waals surface area contributed by atoms with E-state index in [1.807, 2.05) is 32.0 Å². The highest BCUT2D eigenvalue weighted by atomic mass is 16.4. The fraction of sp³-hybridized carbons (Fsp3) is 0.125. The van der Waals surface area contributed by atoms with Crippen LogP contribution in [0.1, 0.15) is 21.5 Å². The van der Waals surface area contributed by atoms with Crippen molar-refractivity contribution < 1.29 is 9.90 Å². The van der Waals surface area contributed by atoms with Crippen molar-refractivity contribution in [1.29, 1.82) is 0 Å². The van der Waals surface area contributed by atoms with Crippen molar-refractivity contribution in [1.82, 2.24) is 9.55 Å². The van der Waals surface area contributed by atoms with Gasteiger partial charge in [-0.1, -0.05) is 17.7 Å². The van der Waals surface area contributed by atoms with Crippen LogP contribution in [0.25, 0.3) is 16.7 Å². The van der Waals surface area contributed by atoms with Gasteiger partial charge in [-0.25, -0.2) is 9.59 Å². The van der Waals surface area contributed by atoms with Gasteiger partial charge < -0.3 is 10.1 Å².